The molecule has 76 valence electrons. The second-order valence-corrected chi connectivity index (χ2v) is 4.17. The maximum absolute atomic E-state index is 7.28. The molecule has 1 fully saturated rings. The Morgan fingerprint density at radius 2 is 2.29 bits per heavy atom. The zero-order valence-corrected chi connectivity index (χ0v) is 8.60. The molecule has 0 amide bonds. The molecule has 1 aliphatic rings. The number of nitrogen functional groups attached to an aromatic ring is 1. The number of hydrogen-bond acceptors (Lipinski definition) is 5. The minimum atomic E-state index is 0.101. The maximum Gasteiger partial charge on any atom is 0.186 e. The molecule has 14 heavy (non-hydrogen) atoms. The summed E-state index contributed by atoms with van der Waals surface area (Å²) in [6, 6.07) is 0. The monoisotopic (exact) mass is 211 g/mol. The van der Waals surface area contributed by atoms with Crippen molar-refractivity contribution in [2.24, 2.45) is 5.73 Å². The van der Waals surface area contributed by atoms with E-state index < -0.39 is 0 Å². The zero-order valence-electron chi connectivity index (χ0n) is 7.79. The molecule has 1 saturated heterocycles. The van der Waals surface area contributed by atoms with Gasteiger partial charge in [-0.2, -0.15) is 0 Å². The summed E-state index contributed by atoms with van der Waals surface area (Å²) in [7, 11) is 0. The van der Waals surface area contributed by atoms with E-state index in [0.717, 1.165) is 36.2 Å². The molecule has 0 aliphatic carbocycles. The fourth-order valence-corrected chi connectivity index (χ4v) is 2.22. The van der Waals surface area contributed by atoms with Crippen molar-refractivity contribution in [3.05, 3.63) is 11.1 Å². The molecular formula is C8H13N5S. The van der Waals surface area contributed by atoms with Gasteiger partial charge in [0.15, 0.2) is 5.13 Å². The molecule has 0 spiro atoms. The lowest BCUT2D eigenvalue weighted by atomic mass is 10.4. The summed E-state index contributed by atoms with van der Waals surface area (Å²) < 4.78 is 0. The fraction of sp³-hybridized carbons (Fsp3) is 0.500. The van der Waals surface area contributed by atoms with Crippen LogP contribution < -0.4 is 16.0 Å². The van der Waals surface area contributed by atoms with Crippen LogP contribution in [0.4, 0.5) is 5.13 Å². The van der Waals surface area contributed by atoms with E-state index >= 15 is 0 Å². The molecule has 0 bridgehead atoms. The summed E-state index contributed by atoms with van der Waals surface area (Å²) in [6.45, 7) is 3.94. The SMILES string of the molecule is N=C(N)c1cnc(N2CCNCC2)s1. The normalized spacial score (nSPS) is 17.0. The Morgan fingerprint density at radius 3 is 2.86 bits per heavy atom. The lowest BCUT2D eigenvalue weighted by Crippen LogP contribution is -2.43. The van der Waals surface area contributed by atoms with Gasteiger partial charge in [0.25, 0.3) is 0 Å². The number of piperazine rings is 1. The molecule has 2 heterocycles. The molecule has 4 N–H and O–H groups in total. The molecule has 0 atom stereocenters. The average molecular weight is 211 g/mol. The molecule has 0 unspecified atom stereocenters. The summed E-state index contributed by atoms with van der Waals surface area (Å²) >= 11 is 1.48. The third-order valence-electron chi connectivity index (χ3n) is 2.15. The molecule has 1 aliphatic heterocycles. The van der Waals surface area contributed by atoms with Crippen molar-refractivity contribution in [3.63, 3.8) is 0 Å². The third kappa shape index (κ3) is 1.85. The van der Waals surface area contributed by atoms with Crippen LogP contribution in [0.2, 0.25) is 0 Å². The van der Waals surface area contributed by atoms with Gasteiger partial charge in [0.1, 0.15) is 5.84 Å². The summed E-state index contributed by atoms with van der Waals surface area (Å²) in [5, 5.41) is 11.5. The predicted octanol–water partition coefficient (Wildman–Crippen LogP) is -0.163. The highest BCUT2D eigenvalue weighted by atomic mass is 32.1. The number of aromatic nitrogens is 1. The first kappa shape index (κ1) is 9.42. The third-order valence-corrected chi connectivity index (χ3v) is 3.24. The number of rotatable bonds is 2. The zero-order chi connectivity index (χ0) is 9.97. The Kier molecular flexibility index (Phi) is 2.64. The Balaban J connectivity index is 2.11. The van der Waals surface area contributed by atoms with Crippen LogP contribution in [0.3, 0.4) is 0 Å². The van der Waals surface area contributed by atoms with E-state index in [1.54, 1.807) is 6.20 Å². The van der Waals surface area contributed by atoms with Crippen molar-refractivity contribution in [2.75, 3.05) is 31.1 Å². The summed E-state index contributed by atoms with van der Waals surface area (Å²) in [4.78, 5) is 7.22. The Morgan fingerprint density at radius 1 is 1.57 bits per heavy atom. The van der Waals surface area contributed by atoms with Crippen LogP contribution in [0, 0.1) is 5.41 Å². The minimum Gasteiger partial charge on any atom is -0.383 e. The number of nitrogens with zero attached hydrogens (tertiary/aromatic N) is 2. The van der Waals surface area contributed by atoms with E-state index in [1.807, 2.05) is 0 Å². The van der Waals surface area contributed by atoms with E-state index in [-0.39, 0.29) is 5.84 Å². The van der Waals surface area contributed by atoms with Crippen molar-refractivity contribution in [1.29, 1.82) is 5.41 Å². The first-order chi connectivity index (χ1) is 6.77. The number of nitrogens with two attached hydrogens (primary N) is 1. The Hall–Kier alpha value is -1.14. The van der Waals surface area contributed by atoms with Crippen LogP contribution in [-0.4, -0.2) is 37.0 Å². The van der Waals surface area contributed by atoms with Gasteiger partial charge in [0, 0.05) is 26.2 Å². The summed E-state index contributed by atoms with van der Waals surface area (Å²) in [6.07, 6.45) is 1.67. The quantitative estimate of drug-likeness (QED) is 0.469. The summed E-state index contributed by atoms with van der Waals surface area (Å²) in [5.41, 5.74) is 5.38. The molecule has 0 aromatic carbocycles. The number of anilines is 1. The second-order valence-electron chi connectivity index (χ2n) is 3.16. The highest BCUT2D eigenvalue weighted by Crippen LogP contribution is 2.21. The minimum absolute atomic E-state index is 0.101. The van der Waals surface area contributed by atoms with Crippen molar-refractivity contribution in [1.82, 2.24) is 10.3 Å². The highest BCUT2D eigenvalue weighted by Gasteiger charge is 2.14. The van der Waals surface area contributed by atoms with E-state index in [4.69, 9.17) is 11.1 Å². The van der Waals surface area contributed by atoms with E-state index in [1.165, 1.54) is 11.3 Å². The molecule has 1 aromatic rings. The fourth-order valence-electron chi connectivity index (χ4n) is 1.39. The number of amidine groups is 1. The van der Waals surface area contributed by atoms with E-state index in [9.17, 15) is 0 Å². The molecule has 6 heteroatoms. The lowest BCUT2D eigenvalue weighted by Gasteiger charge is -2.26. The van der Waals surface area contributed by atoms with Gasteiger partial charge < -0.3 is 16.0 Å². The number of hydrogen-bond donors (Lipinski definition) is 3. The van der Waals surface area contributed by atoms with Crippen LogP contribution in [0.25, 0.3) is 0 Å². The molecular weight excluding hydrogens is 198 g/mol. The molecule has 2 rings (SSSR count). The van der Waals surface area contributed by atoms with Gasteiger partial charge in [0.2, 0.25) is 0 Å². The van der Waals surface area contributed by atoms with Crippen LogP contribution >= 0.6 is 11.3 Å². The second kappa shape index (κ2) is 3.93. The van der Waals surface area contributed by atoms with Crippen molar-refractivity contribution >= 4 is 22.3 Å². The van der Waals surface area contributed by atoms with E-state index in [2.05, 4.69) is 15.2 Å². The Labute approximate surface area is 86.4 Å². The number of nitrogens with one attached hydrogen (secondary N) is 2. The van der Waals surface area contributed by atoms with Crippen molar-refractivity contribution in [2.45, 2.75) is 0 Å². The molecule has 1 aromatic heterocycles. The molecule has 5 nitrogen and oxygen atoms in total. The van der Waals surface area contributed by atoms with Crippen molar-refractivity contribution in [3.8, 4) is 0 Å². The first-order valence-electron chi connectivity index (χ1n) is 4.53. The number of thiazole rings is 1. The van der Waals surface area contributed by atoms with Gasteiger partial charge in [-0.15, -0.1) is 0 Å². The molecule has 0 saturated carbocycles. The molecule has 0 radical (unpaired) electrons. The van der Waals surface area contributed by atoms with E-state index in [0.29, 0.717) is 0 Å². The van der Waals surface area contributed by atoms with Gasteiger partial charge in [-0.3, -0.25) is 5.41 Å². The highest BCUT2D eigenvalue weighted by molar-refractivity contribution is 7.17. The van der Waals surface area contributed by atoms with Crippen LogP contribution in [0.1, 0.15) is 4.88 Å². The van der Waals surface area contributed by atoms with Gasteiger partial charge in [0.05, 0.1) is 11.1 Å². The maximum atomic E-state index is 7.28. The van der Waals surface area contributed by atoms with Gasteiger partial charge in [-0.05, 0) is 0 Å². The first-order valence-corrected chi connectivity index (χ1v) is 5.35. The summed E-state index contributed by atoms with van der Waals surface area (Å²) in [5.74, 6) is 0.101. The van der Waals surface area contributed by atoms with Gasteiger partial charge in [-0.25, -0.2) is 4.98 Å². The topological polar surface area (TPSA) is 78.0 Å². The largest absolute Gasteiger partial charge is 0.383 e. The van der Waals surface area contributed by atoms with Crippen LogP contribution in [0.5, 0.6) is 0 Å². The van der Waals surface area contributed by atoms with Crippen LogP contribution in [-0.2, 0) is 0 Å². The Bertz CT molecular complexity index is 328. The van der Waals surface area contributed by atoms with Gasteiger partial charge in [-0.1, -0.05) is 11.3 Å². The van der Waals surface area contributed by atoms with Crippen molar-refractivity contribution < 1.29 is 0 Å². The predicted molar refractivity (Wildman–Crippen MR) is 58.2 cm³/mol. The smallest absolute Gasteiger partial charge is 0.186 e. The van der Waals surface area contributed by atoms with Crippen LogP contribution in [0.15, 0.2) is 6.20 Å². The standard InChI is InChI=1S/C8H13N5S/c9-7(10)6-5-12-8(14-6)13-3-1-11-2-4-13/h5,11H,1-4H2,(H3,9,10). The lowest BCUT2D eigenvalue weighted by molar-refractivity contribution is 0.588. The average Bonchev–Trinajstić information content (AvgIpc) is 2.68. The van der Waals surface area contributed by atoms with Gasteiger partial charge >= 0.3 is 0 Å².